The zero-order chi connectivity index (χ0) is 15.4. The van der Waals surface area contributed by atoms with E-state index in [0.717, 1.165) is 10.5 Å². The van der Waals surface area contributed by atoms with Crippen LogP contribution in [-0.2, 0) is 0 Å². The number of nitrogens with one attached hydrogen (secondary N) is 1. The van der Waals surface area contributed by atoms with Gasteiger partial charge in [0.1, 0.15) is 4.83 Å². The first-order valence-corrected chi connectivity index (χ1v) is 9.43. The van der Waals surface area contributed by atoms with Crippen LogP contribution in [0, 0.1) is 0 Å². The molecule has 3 aromatic rings. The van der Waals surface area contributed by atoms with Crippen molar-refractivity contribution < 1.29 is 0 Å². The molecule has 0 spiro atoms. The van der Waals surface area contributed by atoms with Crippen molar-refractivity contribution in [2.45, 2.75) is 24.0 Å². The molecule has 0 aliphatic rings. The zero-order valence-corrected chi connectivity index (χ0v) is 14.6. The maximum atomic E-state index is 4.87. The van der Waals surface area contributed by atoms with Gasteiger partial charge in [0.25, 0.3) is 0 Å². The number of thiophene rings is 1. The largest absolute Gasteiger partial charge is 0.386 e. The van der Waals surface area contributed by atoms with Gasteiger partial charge >= 0.3 is 0 Å². The quantitative estimate of drug-likeness (QED) is 0.450. The smallest absolute Gasteiger partial charge is 0.127 e. The first-order valence-electron chi connectivity index (χ1n) is 7.63. The standard InChI is InChI=1S/C18H20N2S2/c1-3-4-12-21-18-16(19-2)14-10-11-15(20-17(14)22-18)13-8-6-5-7-9-13/h5-11,19H,3-4,12H2,1-2H3. The molecule has 0 radical (unpaired) electrons. The number of rotatable bonds is 6. The van der Waals surface area contributed by atoms with Crippen molar-refractivity contribution in [2.75, 3.05) is 18.1 Å². The van der Waals surface area contributed by atoms with Crippen molar-refractivity contribution >= 4 is 39.0 Å². The molecule has 0 fully saturated rings. The van der Waals surface area contributed by atoms with Gasteiger partial charge in [-0.2, -0.15) is 0 Å². The number of benzene rings is 1. The van der Waals surface area contributed by atoms with E-state index in [-0.39, 0.29) is 0 Å². The third-order valence-corrected chi connectivity index (χ3v) is 6.03. The van der Waals surface area contributed by atoms with E-state index in [1.54, 1.807) is 11.3 Å². The molecule has 1 N–H and O–H groups in total. The van der Waals surface area contributed by atoms with E-state index in [1.807, 2.05) is 24.9 Å². The highest BCUT2D eigenvalue weighted by atomic mass is 32.2. The van der Waals surface area contributed by atoms with Gasteiger partial charge in [-0.1, -0.05) is 43.7 Å². The van der Waals surface area contributed by atoms with Gasteiger partial charge in [0.2, 0.25) is 0 Å². The zero-order valence-electron chi connectivity index (χ0n) is 12.9. The fourth-order valence-electron chi connectivity index (χ4n) is 2.37. The lowest BCUT2D eigenvalue weighted by atomic mass is 10.1. The van der Waals surface area contributed by atoms with E-state index in [9.17, 15) is 0 Å². The van der Waals surface area contributed by atoms with Crippen LogP contribution >= 0.6 is 23.1 Å². The van der Waals surface area contributed by atoms with E-state index >= 15 is 0 Å². The van der Waals surface area contributed by atoms with E-state index < -0.39 is 0 Å². The maximum Gasteiger partial charge on any atom is 0.127 e. The number of nitrogens with zero attached hydrogens (tertiary/aromatic N) is 1. The molecule has 4 heteroatoms. The SMILES string of the molecule is CCCCSc1sc2nc(-c3ccccc3)ccc2c1NC. The normalized spacial score (nSPS) is 11.0. The van der Waals surface area contributed by atoms with Crippen molar-refractivity contribution in [3.05, 3.63) is 42.5 Å². The van der Waals surface area contributed by atoms with Gasteiger partial charge < -0.3 is 5.32 Å². The van der Waals surface area contributed by atoms with Gasteiger partial charge in [-0.15, -0.1) is 23.1 Å². The van der Waals surface area contributed by atoms with Crippen LogP contribution < -0.4 is 5.32 Å². The average Bonchev–Trinajstić information content (AvgIpc) is 2.92. The summed E-state index contributed by atoms with van der Waals surface area (Å²) in [5.74, 6) is 1.17. The van der Waals surface area contributed by atoms with Crippen molar-refractivity contribution in [2.24, 2.45) is 0 Å². The summed E-state index contributed by atoms with van der Waals surface area (Å²) >= 11 is 3.74. The predicted octanol–water partition coefficient (Wildman–Crippen LogP) is 5.90. The van der Waals surface area contributed by atoms with Crippen LogP contribution in [0.2, 0.25) is 0 Å². The van der Waals surface area contributed by atoms with Crippen molar-refractivity contribution in [3.63, 3.8) is 0 Å². The lowest BCUT2D eigenvalue weighted by molar-refractivity contribution is 0.897. The van der Waals surface area contributed by atoms with Gasteiger partial charge in [-0.25, -0.2) is 4.98 Å². The Morgan fingerprint density at radius 1 is 1.14 bits per heavy atom. The second-order valence-corrected chi connectivity index (χ2v) is 7.49. The number of thioether (sulfide) groups is 1. The Hall–Kier alpha value is -1.52. The van der Waals surface area contributed by atoms with E-state index in [0.29, 0.717) is 0 Å². The summed E-state index contributed by atoms with van der Waals surface area (Å²) in [6.07, 6.45) is 2.49. The van der Waals surface area contributed by atoms with Crippen molar-refractivity contribution in [1.82, 2.24) is 4.98 Å². The number of aromatic nitrogens is 1. The first kappa shape index (κ1) is 15.4. The summed E-state index contributed by atoms with van der Waals surface area (Å²) in [4.78, 5) is 5.98. The molecule has 0 unspecified atom stereocenters. The molecule has 0 aliphatic carbocycles. The Morgan fingerprint density at radius 2 is 1.95 bits per heavy atom. The van der Waals surface area contributed by atoms with Gasteiger partial charge in [0, 0.05) is 18.0 Å². The summed E-state index contributed by atoms with van der Waals surface area (Å²) in [5, 5.41) is 4.58. The third kappa shape index (κ3) is 3.13. The molecule has 0 saturated carbocycles. The number of hydrogen-bond donors (Lipinski definition) is 1. The molecular formula is C18H20N2S2. The average molecular weight is 329 g/mol. The summed E-state index contributed by atoms with van der Waals surface area (Å²) < 4.78 is 1.35. The molecule has 2 nitrogen and oxygen atoms in total. The van der Waals surface area contributed by atoms with Gasteiger partial charge in [0.15, 0.2) is 0 Å². The minimum Gasteiger partial charge on any atom is -0.386 e. The third-order valence-electron chi connectivity index (χ3n) is 3.57. The molecule has 0 amide bonds. The van der Waals surface area contributed by atoms with Crippen LogP contribution in [-0.4, -0.2) is 17.8 Å². The summed E-state index contributed by atoms with van der Waals surface area (Å²) in [7, 11) is 2.00. The maximum absolute atomic E-state index is 4.87. The molecule has 3 rings (SSSR count). The molecule has 114 valence electrons. The van der Waals surface area contributed by atoms with Crippen molar-refractivity contribution in [3.8, 4) is 11.3 Å². The number of anilines is 1. The number of fused-ring (bicyclic) bond motifs is 1. The highest BCUT2D eigenvalue weighted by molar-refractivity contribution is 8.01. The Morgan fingerprint density at radius 3 is 2.68 bits per heavy atom. The van der Waals surface area contributed by atoms with Crippen LogP contribution in [0.15, 0.2) is 46.7 Å². The van der Waals surface area contributed by atoms with E-state index in [4.69, 9.17) is 4.98 Å². The van der Waals surface area contributed by atoms with Crippen molar-refractivity contribution in [1.29, 1.82) is 0 Å². The lowest BCUT2D eigenvalue weighted by Crippen LogP contribution is -1.89. The molecular weight excluding hydrogens is 308 g/mol. The summed E-state index contributed by atoms with van der Waals surface area (Å²) in [6.45, 7) is 2.23. The van der Waals surface area contributed by atoms with Gasteiger partial charge in [-0.05, 0) is 24.3 Å². The number of unbranched alkanes of at least 4 members (excludes halogenated alkanes) is 1. The van der Waals surface area contributed by atoms with Gasteiger partial charge in [0.05, 0.1) is 15.6 Å². The van der Waals surface area contributed by atoms with Crippen LogP contribution in [0.25, 0.3) is 21.5 Å². The van der Waals surface area contributed by atoms with Crippen LogP contribution in [0.1, 0.15) is 19.8 Å². The van der Waals surface area contributed by atoms with Crippen LogP contribution in [0.5, 0.6) is 0 Å². The molecule has 0 bridgehead atoms. The Labute approximate surface area is 140 Å². The van der Waals surface area contributed by atoms with Crippen LogP contribution in [0.3, 0.4) is 0 Å². The van der Waals surface area contributed by atoms with E-state index in [1.165, 1.54) is 39.4 Å². The topological polar surface area (TPSA) is 24.9 Å². The predicted molar refractivity (Wildman–Crippen MR) is 100 cm³/mol. The second-order valence-electron chi connectivity index (χ2n) is 5.13. The van der Waals surface area contributed by atoms with Crippen LogP contribution in [0.4, 0.5) is 5.69 Å². The minimum absolute atomic E-state index is 1.04. The van der Waals surface area contributed by atoms with E-state index in [2.05, 4.69) is 48.6 Å². The molecule has 1 aromatic carbocycles. The molecule has 2 aromatic heterocycles. The molecule has 22 heavy (non-hydrogen) atoms. The molecule has 2 heterocycles. The molecule has 0 saturated heterocycles. The van der Waals surface area contributed by atoms with Gasteiger partial charge in [-0.3, -0.25) is 0 Å². The minimum atomic E-state index is 1.04. The highest BCUT2D eigenvalue weighted by Crippen LogP contribution is 2.42. The Kier molecular flexibility index (Phi) is 5.01. The fraction of sp³-hybridized carbons (Fsp3) is 0.278. The monoisotopic (exact) mass is 328 g/mol. The second kappa shape index (κ2) is 7.16. The highest BCUT2D eigenvalue weighted by Gasteiger charge is 2.13. The summed E-state index contributed by atoms with van der Waals surface area (Å²) in [6, 6.07) is 14.7. The lowest BCUT2D eigenvalue weighted by Gasteiger charge is -2.03. The fourth-order valence-corrected chi connectivity index (χ4v) is 4.99. The first-order chi connectivity index (χ1) is 10.8. The Bertz CT molecular complexity index is 750. The number of pyridine rings is 1. The molecule has 0 aliphatic heterocycles. The Balaban J connectivity index is 1.98. The summed E-state index contributed by atoms with van der Waals surface area (Å²) in [5.41, 5.74) is 3.44. The molecule has 0 atom stereocenters. The number of hydrogen-bond acceptors (Lipinski definition) is 4.